The zero-order valence-electron chi connectivity index (χ0n) is 12.6. The molecule has 0 radical (unpaired) electrons. The summed E-state index contributed by atoms with van der Waals surface area (Å²) in [5.41, 5.74) is 0. The third-order valence-electron chi connectivity index (χ3n) is 3.81. The van der Waals surface area contributed by atoms with Gasteiger partial charge in [-0.15, -0.1) is 10.2 Å². The van der Waals surface area contributed by atoms with Crippen LogP contribution >= 0.6 is 0 Å². The molecule has 5 heteroatoms. The van der Waals surface area contributed by atoms with Crippen molar-refractivity contribution in [2.45, 2.75) is 46.8 Å². The largest absolute Gasteiger partial charge is 0.315 e. The van der Waals surface area contributed by atoms with Gasteiger partial charge in [0, 0.05) is 25.7 Å². The summed E-state index contributed by atoms with van der Waals surface area (Å²) < 4.78 is 2.16. The van der Waals surface area contributed by atoms with Crippen LogP contribution in [0.4, 0.5) is 0 Å². The Morgan fingerprint density at radius 2 is 2.00 bits per heavy atom. The fourth-order valence-electron chi connectivity index (χ4n) is 2.67. The Morgan fingerprint density at radius 3 is 2.68 bits per heavy atom. The van der Waals surface area contributed by atoms with Crippen LogP contribution in [0, 0.1) is 11.8 Å². The van der Waals surface area contributed by atoms with Crippen molar-refractivity contribution in [3.63, 3.8) is 0 Å². The number of hydrogen-bond donors (Lipinski definition) is 1. The van der Waals surface area contributed by atoms with E-state index >= 15 is 0 Å². The second-order valence-electron chi connectivity index (χ2n) is 6.27. The summed E-state index contributed by atoms with van der Waals surface area (Å²) in [7, 11) is 0. The number of aromatic nitrogens is 3. The van der Waals surface area contributed by atoms with Gasteiger partial charge in [0.2, 0.25) is 0 Å². The van der Waals surface area contributed by atoms with Crippen LogP contribution in [0.1, 0.15) is 33.5 Å². The molecule has 0 bridgehead atoms. The summed E-state index contributed by atoms with van der Waals surface area (Å²) >= 11 is 0. The summed E-state index contributed by atoms with van der Waals surface area (Å²) in [6.45, 7) is 14.3. The molecule has 0 saturated heterocycles. The van der Waals surface area contributed by atoms with Gasteiger partial charge < -0.3 is 9.88 Å². The lowest BCUT2D eigenvalue weighted by Crippen LogP contribution is -2.49. The first-order valence-corrected chi connectivity index (χ1v) is 7.39. The first kappa shape index (κ1) is 14.5. The van der Waals surface area contributed by atoms with Crippen molar-refractivity contribution in [2.75, 3.05) is 19.6 Å². The highest BCUT2D eigenvalue weighted by Gasteiger charge is 2.26. The normalized spacial score (nSPS) is 18.0. The molecule has 5 nitrogen and oxygen atoms in total. The molecular formula is C14H27N5. The van der Waals surface area contributed by atoms with E-state index in [0.717, 1.165) is 38.5 Å². The minimum atomic E-state index is 0.573. The maximum absolute atomic E-state index is 4.21. The molecule has 2 heterocycles. The Labute approximate surface area is 116 Å². The van der Waals surface area contributed by atoms with Crippen LogP contribution in [0.25, 0.3) is 0 Å². The van der Waals surface area contributed by atoms with Crippen molar-refractivity contribution < 1.29 is 0 Å². The molecule has 1 aromatic heterocycles. The van der Waals surface area contributed by atoms with Crippen LogP contribution in [-0.2, 0) is 13.1 Å². The second-order valence-corrected chi connectivity index (χ2v) is 6.27. The van der Waals surface area contributed by atoms with Gasteiger partial charge in [-0.1, -0.05) is 27.7 Å². The highest BCUT2D eigenvalue weighted by Crippen LogP contribution is 2.17. The van der Waals surface area contributed by atoms with E-state index in [4.69, 9.17) is 0 Å². The highest BCUT2D eigenvalue weighted by atomic mass is 15.3. The van der Waals surface area contributed by atoms with Gasteiger partial charge in [0.15, 0.2) is 0 Å². The topological polar surface area (TPSA) is 46.0 Å². The summed E-state index contributed by atoms with van der Waals surface area (Å²) in [5.74, 6) is 2.45. The monoisotopic (exact) mass is 265 g/mol. The average Bonchev–Trinajstić information content (AvgIpc) is 2.80. The molecule has 2 rings (SSSR count). The van der Waals surface area contributed by atoms with E-state index in [1.54, 1.807) is 0 Å². The molecule has 0 aromatic carbocycles. The molecule has 1 aliphatic rings. The lowest BCUT2D eigenvalue weighted by Gasteiger charge is -2.37. The van der Waals surface area contributed by atoms with E-state index in [0.29, 0.717) is 17.9 Å². The Bertz CT molecular complexity index is 385. The SMILES string of the molecule is CC(C)CNCC(C(C)C)N1CCn2cnnc2C1. The van der Waals surface area contributed by atoms with Crippen molar-refractivity contribution in [1.82, 2.24) is 25.0 Å². The van der Waals surface area contributed by atoms with Crippen LogP contribution in [0.3, 0.4) is 0 Å². The average molecular weight is 265 g/mol. The van der Waals surface area contributed by atoms with Gasteiger partial charge in [-0.05, 0) is 18.4 Å². The van der Waals surface area contributed by atoms with Gasteiger partial charge >= 0.3 is 0 Å². The van der Waals surface area contributed by atoms with Crippen LogP contribution in [0.5, 0.6) is 0 Å². The molecule has 1 aromatic rings. The minimum absolute atomic E-state index is 0.573. The maximum Gasteiger partial charge on any atom is 0.147 e. The fraction of sp³-hybridized carbons (Fsp3) is 0.857. The van der Waals surface area contributed by atoms with Crippen molar-refractivity contribution in [1.29, 1.82) is 0 Å². The van der Waals surface area contributed by atoms with E-state index in [1.807, 2.05) is 6.33 Å². The number of hydrogen-bond acceptors (Lipinski definition) is 4. The lowest BCUT2D eigenvalue weighted by molar-refractivity contribution is 0.116. The van der Waals surface area contributed by atoms with E-state index in [9.17, 15) is 0 Å². The first-order valence-electron chi connectivity index (χ1n) is 7.39. The van der Waals surface area contributed by atoms with Crippen molar-refractivity contribution >= 4 is 0 Å². The Kier molecular flexibility index (Phi) is 4.93. The first-order chi connectivity index (χ1) is 9.08. The molecule has 0 saturated carbocycles. The second kappa shape index (κ2) is 6.48. The van der Waals surface area contributed by atoms with E-state index in [2.05, 4.69) is 52.7 Å². The van der Waals surface area contributed by atoms with Gasteiger partial charge in [0.25, 0.3) is 0 Å². The van der Waals surface area contributed by atoms with Gasteiger partial charge in [0.05, 0.1) is 6.54 Å². The predicted octanol–water partition coefficient (Wildman–Crippen LogP) is 1.36. The zero-order chi connectivity index (χ0) is 13.8. The van der Waals surface area contributed by atoms with E-state index in [-0.39, 0.29) is 0 Å². The molecule has 1 atom stereocenters. The van der Waals surface area contributed by atoms with Crippen molar-refractivity contribution in [3.8, 4) is 0 Å². The highest BCUT2D eigenvalue weighted by molar-refractivity contribution is 4.92. The smallest absolute Gasteiger partial charge is 0.147 e. The Balaban J connectivity index is 1.93. The number of nitrogens with one attached hydrogen (secondary N) is 1. The molecule has 0 aliphatic carbocycles. The quantitative estimate of drug-likeness (QED) is 0.844. The van der Waals surface area contributed by atoms with Crippen LogP contribution < -0.4 is 5.32 Å². The Hall–Kier alpha value is -0.940. The van der Waals surface area contributed by atoms with Crippen molar-refractivity contribution in [3.05, 3.63) is 12.2 Å². The fourth-order valence-corrected chi connectivity index (χ4v) is 2.67. The predicted molar refractivity (Wildman–Crippen MR) is 76.8 cm³/mol. The summed E-state index contributed by atoms with van der Waals surface area (Å²) in [4.78, 5) is 2.54. The molecule has 1 aliphatic heterocycles. The van der Waals surface area contributed by atoms with Crippen LogP contribution in [0.15, 0.2) is 6.33 Å². The number of nitrogens with zero attached hydrogens (tertiary/aromatic N) is 4. The third kappa shape index (κ3) is 3.76. The van der Waals surface area contributed by atoms with Crippen molar-refractivity contribution in [2.24, 2.45) is 11.8 Å². The standard InChI is InChI=1S/C14H27N5/c1-11(2)7-15-8-13(12(3)4)18-5-6-19-10-16-17-14(19)9-18/h10-13,15H,5-9H2,1-4H3. The lowest BCUT2D eigenvalue weighted by atomic mass is 10.0. The van der Waals surface area contributed by atoms with Gasteiger partial charge in [-0.25, -0.2) is 0 Å². The molecule has 1 unspecified atom stereocenters. The molecule has 0 amide bonds. The number of fused-ring (bicyclic) bond motifs is 1. The maximum atomic E-state index is 4.21. The van der Waals surface area contributed by atoms with E-state index < -0.39 is 0 Å². The number of rotatable bonds is 6. The summed E-state index contributed by atoms with van der Waals surface area (Å²) in [6.07, 6.45) is 1.84. The zero-order valence-corrected chi connectivity index (χ0v) is 12.6. The molecule has 19 heavy (non-hydrogen) atoms. The van der Waals surface area contributed by atoms with Gasteiger partial charge in [-0.2, -0.15) is 0 Å². The molecule has 108 valence electrons. The third-order valence-corrected chi connectivity index (χ3v) is 3.81. The minimum Gasteiger partial charge on any atom is -0.315 e. The molecule has 0 spiro atoms. The Morgan fingerprint density at radius 1 is 1.21 bits per heavy atom. The van der Waals surface area contributed by atoms with Crippen LogP contribution in [-0.4, -0.2) is 45.3 Å². The molecule has 1 N–H and O–H groups in total. The van der Waals surface area contributed by atoms with Crippen LogP contribution in [0.2, 0.25) is 0 Å². The van der Waals surface area contributed by atoms with Gasteiger partial charge in [0.1, 0.15) is 12.2 Å². The summed E-state index contributed by atoms with van der Waals surface area (Å²) in [5, 5.41) is 11.8. The molecule has 0 fully saturated rings. The molecular weight excluding hydrogens is 238 g/mol. The summed E-state index contributed by atoms with van der Waals surface area (Å²) in [6, 6.07) is 0.573. The van der Waals surface area contributed by atoms with E-state index in [1.165, 1.54) is 0 Å². The van der Waals surface area contributed by atoms with Gasteiger partial charge in [-0.3, -0.25) is 4.90 Å².